The second kappa shape index (κ2) is 9.69. The zero-order chi connectivity index (χ0) is 22.4. The Kier molecular flexibility index (Phi) is 7.01. The van der Waals surface area contributed by atoms with Crippen LogP contribution in [0.4, 0.5) is 17.6 Å². The molecule has 0 amide bonds. The zero-order valence-corrected chi connectivity index (χ0v) is 16.5. The summed E-state index contributed by atoms with van der Waals surface area (Å²) in [5.74, 6) is -0.219. The van der Waals surface area contributed by atoms with Gasteiger partial charge in [-0.25, -0.2) is 14.1 Å². The first-order valence-electron chi connectivity index (χ1n) is 9.28. The molecule has 164 valence electrons. The van der Waals surface area contributed by atoms with E-state index in [-0.39, 0.29) is 42.7 Å². The summed E-state index contributed by atoms with van der Waals surface area (Å²) in [6.07, 6.45) is -4.20. The summed E-state index contributed by atoms with van der Waals surface area (Å²) in [5, 5.41) is 4.29. The van der Waals surface area contributed by atoms with E-state index in [9.17, 15) is 22.4 Å². The van der Waals surface area contributed by atoms with Gasteiger partial charge in [-0.1, -0.05) is 12.1 Å². The first-order chi connectivity index (χ1) is 14.7. The molecule has 0 aliphatic carbocycles. The van der Waals surface area contributed by atoms with E-state index in [2.05, 4.69) is 14.8 Å². The Morgan fingerprint density at radius 2 is 1.87 bits per heavy atom. The lowest BCUT2D eigenvalue weighted by Crippen LogP contribution is -2.16. The summed E-state index contributed by atoms with van der Waals surface area (Å²) in [7, 11) is 1.47. The van der Waals surface area contributed by atoms with Gasteiger partial charge in [0.05, 0.1) is 0 Å². The monoisotopic (exact) mass is 437 g/mol. The summed E-state index contributed by atoms with van der Waals surface area (Å²) in [4.78, 5) is 16.7. The number of aromatic nitrogens is 3. The average molecular weight is 437 g/mol. The van der Waals surface area contributed by atoms with Gasteiger partial charge in [-0.2, -0.15) is 5.10 Å². The van der Waals surface area contributed by atoms with Gasteiger partial charge in [0.25, 0.3) is 0 Å². The molecule has 31 heavy (non-hydrogen) atoms. The van der Waals surface area contributed by atoms with E-state index in [1.54, 1.807) is 12.1 Å². The van der Waals surface area contributed by atoms with Crippen molar-refractivity contribution in [2.24, 2.45) is 0 Å². The number of methoxy groups -OCH3 is 1. The van der Waals surface area contributed by atoms with Crippen LogP contribution in [0.5, 0.6) is 5.75 Å². The molecule has 6 nitrogen and oxygen atoms in total. The van der Waals surface area contributed by atoms with Crippen LogP contribution in [0.15, 0.2) is 48.5 Å². The van der Waals surface area contributed by atoms with Crippen LogP contribution in [0, 0.1) is 5.82 Å². The van der Waals surface area contributed by atoms with Crippen molar-refractivity contribution in [2.75, 3.05) is 7.11 Å². The molecular formula is C21H19F4N3O3. The van der Waals surface area contributed by atoms with Gasteiger partial charge in [0.2, 0.25) is 0 Å². The number of benzene rings is 2. The van der Waals surface area contributed by atoms with Crippen molar-refractivity contribution in [3.63, 3.8) is 0 Å². The molecule has 1 heterocycles. The number of ketones is 1. The van der Waals surface area contributed by atoms with E-state index in [4.69, 9.17) is 4.74 Å². The molecule has 0 saturated carbocycles. The van der Waals surface area contributed by atoms with E-state index < -0.39 is 6.36 Å². The third-order valence-corrected chi connectivity index (χ3v) is 4.28. The lowest BCUT2D eigenvalue weighted by molar-refractivity contribution is -0.274. The van der Waals surface area contributed by atoms with Gasteiger partial charge in [0.1, 0.15) is 24.7 Å². The van der Waals surface area contributed by atoms with Gasteiger partial charge < -0.3 is 9.47 Å². The predicted octanol–water partition coefficient (Wildman–Crippen LogP) is 4.33. The van der Waals surface area contributed by atoms with Gasteiger partial charge in [0, 0.05) is 19.1 Å². The maximum atomic E-state index is 13.3. The van der Waals surface area contributed by atoms with Crippen molar-refractivity contribution in [1.29, 1.82) is 0 Å². The number of hydrogen-bond donors (Lipinski definition) is 0. The van der Waals surface area contributed by atoms with Crippen LogP contribution < -0.4 is 4.74 Å². The number of carbonyl (C=O) groups excluding carboxylic acids is 1. The number of hydrogen-bond acceptors (Lipinski definition) is 5. The predicted molar refractivity (Wildman–Crippen MR) is 103 cm³/mol. The fraction of sp³-hybridized carbons (Fsp3) is 0.286. The number of Topliss-reactive ketones (excluding diaryl/α,β-unsaturated/α-hetero) is 1. The third kappa shape index (κ3) is 6.61. The van der Waals surface area contributed by atoms with E-state index in [0.717, 1.165) is 12.1 Å². The summed E-state index contributed by atoms with van der Waals surface area (Å²) < 4.78 is 60.5. The van der Waals surface area contributed by atoms with Crippen molar-refractivity contribution in [1.82, 2.24) is 14.8 Å². The Bertz CT molecular complexity index is 1030. The highest BCUT2D eigenvalue weighted by molar-refractivity contribution is 5.78. The SMILES string of the molecule is COCc1nc(-c2ccc(OC(F)(F)F)cc2)nn1CC(=O)CCc1cccc(F)c1. The minimum absolute atomic E-state index is 0.0592. The number of alkyl halides is 3. The summed E-state index contributed by atoms with van der Waals surface area (Å²) in [6, 6.07) is 11.1. The van der Waals surface area contributed by atoms with Crippen molar-refractivity contribution in [2.45, 2.75) is 32.4 Å². The van der Waals surface area contributed by atoms with Crippen molar-refractivity contribution in [3.05, 3.63) is 65.7 Å². The molecule has 0 bridgehead atoms. The Morgan fingerprint density at radius 1 is 1.13 bits per heavy atom. The van der Waals surface area contributed by atoms with Gasteiger partial charge in [-0.3, -0.25) is 4.79 Å². The molecule has 0 N–H and O–H groups in total. The number of nitrogens with zero attached hydrogens (tertiary/aromatic N) is 3. The molecule has 3 aromatic rings. The van der Waals surface area contributed by atoms with Gasteiger partial charge in [0.15, 0.2) is 17.4 Å². The van der Waals surface area contributed by atoms with Crippen molar-refractivity contribution in [3.8, 4) is 17.1 Å². The lowest BCUT2D eigenvalue weighted by atomic mass is 10.1. The van der Waals surface area contributed by atoms with E-state index in [1.165, 1.54) is 36.1 Å². The number of ether oxygens (including phenoxy) is 2. The topological polar surface area (TPSA) is 66.2 Å². The fourth-order valence-electron chi connectivity index (χ4n) is 2.89. The first kappa shape index (κ1) is 22.4. The molecule has 0 radical (unpaired) electrons. The molecule has 0 spiro atoms. The molecule has 10 heteroatoms. The number of halogens is 4. The highest BCUT2D eigenvalue weighted by Gasteiger charge is 2.31. The summed E-state index contributed by atoms with van der Waals surface area (Å²) in [5.41, 5.74) is 1.17. The third-order valence-electron chi connectivity index (χ3n) is 4.28. The quantitative estimate of drug-likeness (QED) is 0.466. The molecule has 1 aromatic heterocycles. The standard InChI is InChI=1S/C21H19F4N3O3/c1-30-13-19-26-20(15-6-9-18(10-7-15)31-21(23,24)25)27-28(19)12-17(29)8-5-14-3-2-4-16(22)11-14/h2-4,6-7,9-11H,5,8,12-13H2,1H3. The molecule has 3 rings (SSSR count). The molecule has 0 saturated heterocycles. The smallest absolute Gasteiger partial charge is 0.406 e. The molecular weight excluding hydrogens is 418 g/mol. The van der Waals surface area contributed by atoms with Crippen LogP contribution in [0.3, 0.4) is 0 Å². The van der Waals surface area contributed by atoms with Crippen LogP contribution in [0.1, 0.15) is 17.8 Å². The minimum atomic E-state index is -4.78. The van der Waals surface area contributed by atoms with Gasteiger partial charge >= 0.3 is 6.36 Å². The first-order valence-corrected chi connectivity index (χ1v) is 9.28. The molecule has 0 aliphatic heterocycles. The van der Waals surface area contributed by atoms with Crippen LogP contribution in [0.2, 0.25) is 0 Å². The van der Waals surface area contributed by atoms with Crippen LogP contribution >= 0.6 is 0 Å². The minimum Gasteiger partial charge on any atom is -0.406 e. The highest BCUT2D eigenvalue weighted by atomic mass is 19.4. The lowest BCUT2D eigenvalue weighted by Gasteiger charge is -2.08. The Labute approximate surface area is 175 Å². The second-order valence-electron chi connectivity index (χ2n) is 6.68. The average Bonchev–Trinajstić information content (AvgIpc) is 3.08. The number of aryl methyl sites for hydroxylation is 1. The zero-order valence-electron chi connectivity index (χ0n) is 16.5. The van der Waals surface area contributed by atoms with E-state index >= 15 is 0 Å². The molecule has 2 aromatic carbocycles. The normalized spacial score (nSPS) is 11.5. The van der Waals surface area contributed by atoms with E-state index in [1.807, 2.05) is 0 Å². The number of carbonyl (C=O) groups is 1. The maximum Gasteiger partial charge on any atom is 0.573 e. The van der Waals surface area contributed by atoms with Gasteiger partial charge in [-0.05, 0) is 48.4 Å². The van der Waals surface area contributed by atoms with Gasteiger partial charge in [-0.15, -0.1) is 13.2 Å². The maximum absolute atomic E-state index is 13.3. The molecule has 0 atom stereocenters. The summed E-state index contributed by atoms with van der Waals surface area (Å²) >= 11 is 0. The molecule has 0 unspecified atom stereocenters. The Balaban J connectivity index is 1.70. The molecule has 0 fully saturated rings. The largest absolute Gasteiger partial charge is 0.573 e. The van der Waals surface area contributed by atoms with Crippen molar-refractivity contribution >= 4 is 5.78 Å². The Hall–Kier alpha value is -3.27. The second-order valence-corrected chi connectivity index (χ2v) is 6.68. The number of rotatable bonds is 9. The van der Waals surface area contributed by atoms with Crippen LogP contribution in [-0.2, 0) is 29.1 Å². The highest BCUT2D eigenvalue weighted by Crippen LogP contribution is 2.25. The van der Waals surface area contributed by atoms with Crippen molar-refractivity contribution < 1.29 is 31.8 Å². The molecule has 0 aliphatic rings. The van der Waals surface area contributed by atoms with Crippen LogP contribution in [-0.4, -0.2) is 34.0 Å². The van der Waals surface area contributed by atoms with Crippen LogP contribution in [0.25, 0.3) is 11.4 Å². The Morgan fingerprint density at radius 3 is 2.52 bits per heavy atom. The van der Waals surface area contributed by atoms with E-state index in [0.29, 0.717) is 23.4 Å². The summed E-state index contributed by atoms with van der Waals surface area (Å²) in [6.45, 7) is 0.0374. The fourth-order valence-corrected chi connectivity index (χ4v) is 2.89.